The van der Waals surface area contributed by atoms with Crippen molar-refractivity contribution in [3.8, 4) is 0 Å². The van der Waals surface area contributed by atoms with Crippen LogP contribution < -0.4 is 5.73 Å². The van der Waals surface area contributed by atoms with E-state index < -0.39 is 0 Å². The van der Waals surface area contributed by atoms with Crippen LogP contribution in [-0.4, -0.2) is 30.6 Å². The molecule has 0 bridgehead atoms. The number of nitrogens with zero attached hydrogens (tertiary/aromatic N) is 1. The van der Waals surface area contributed by atoms with Crippen molar-refractivity contribution in [2.45, 2.75) is 58.5 Å². The van der Waals surface area contributed by atoms with E-state index in [0.717, 1.165) is 0 Å². The summed E-state index contributed by atoms with van der Waals surface area (Å²) >= 11 is 0. The van der Waals surface area contributed by atoms with E-state index in [9.17, 15) is 0 Å². The molecule has 14 heavy (non-hydrogen) atoms. The van der Waals surface area contributed by atoms with Crippen LogP contribution in [0.2, 0.25) is 0 Å². The van der Waals surface area contributed by atoms with E-state index in [1.165, 1.54) is 32.2 Å². The van der Waals surface area contributed by atoms with Gasteiger partial charge in [-0.05, 0) is 44.7 Å². The van der Waals surface area contributed by atoms with Gasteiger partial charge in [0.2, 0.25) is 0 Å². The van der Waals surface area contributed by atoms with E-state index in [-0.39, 0.29) is 0 Å². The Labute approximate surface area is 88.8 Å². The van der Waals surface area contributed by atoms with Crippen LogP contribution in [0.5, 0.6) is 0 Å². The number of hydrogen-bond acceptors (Lipinski definition) is 2. The van der Waals surface area contributed by atoms with Gasteiger partial charge in [-0.3, -0.25) is 0 Å². The maximum atomic E-state index is 6.19. The molecular weight excluding hydrogens is 172 g/mol. The number of hydrogen-bond donors (Lipinski definition) is 1. The first-order valence-corrected chi connectivity index (χ1v) is 5.92. The highest BCUT2D eigenvalue weighted by molar-refractivity contribution is 4.91. The minimum atomic E-state index is 0.388. The van der Waals surface area contributed by atoms with Crippen molar-refractivity contribution >= 4 is 0 Å². The van der Waals surface area contributed by atoms with Crippen molar-refractivity contribution in [2.24, 2.45) is 11.1 Å². The predicted octanol–water partition coefficient (Wildman–Crippen LogP) is 2.23. The monoisotopic (exact) mass is 198 g/mol. The van der Waals surface area contributed by atoms with Gasteiger partial charge in [0.1, 0.15) is 0 Å². The third-order valence-electron chi connectivity index (χ3n) is 3.55. The molecule has 1 saturated carbocycles. The topological polar surface area (TPSA) is 29.3 Å². The Morgan fingerprint density at radius 3 is 2.64 bits per heavy atom. The van der Waals surface area contributed by atoms with E-state index in [1.54, 1.807) is 0 Å². The molecule has 0 spiro atoms. The molecule has 0 radical (unpaired) electrons. The van der Waals surface area contributed by atoms with Crippen molar-refractivity contribution in [2.75, 3.05) is 13.6 Å². The predicted molar refractivity (Wildman–Crippen MR) is 62.3 cm³/mol. The molecule has 0 amide bonds. The lowest BCUT2D eigenvalue weighted by atomic mass is 9.73. The molecule has 2 atom stereocenters. The molecule has 0 aromatic rings. The molecule has 0 saturated heterocycles. The fraction of sp³-hybridized carbons (Fsp3) is 1.00. The van der Waals surface area contributed by atoms with Gasteiger partial charge in [0, 0.05) is 12.1 Å². The molecule has 0 aromatic heterocycles. The summed E-state index contributed by atoms with van der Waals surface area (Å²) in [6, 6.07) is 0.985. The fourth-order valence-electron chi connectivity index (χ4n) is 2.57. The first-order valence-electron chi connectivity index (χ1n) is 5.92. The maximum Gasteiger partial charge on any atom is 0.0249 e. The molecule has 0 heterocycles. The summed E-state index contributed by atoms with van der Waals surface area (Å²) in [6.45, 7) is 8.14. The molecule has 0 aliphatic heterocycles. The molecule has 1 rings (SSSR count). The summed E-state index contributed by atoms with van der Waals surface area (Å²) < 4.78 is 0. The van der Waals surface area contributed by atoms with Crippen LogP contribution in [0.15, 0.2) is 0 Å². The Bertz CT molecular complexity index is 177. The van der Waals surface area contributed by atoms with Crippen LogP contribution in [-0.2, 0) is 0 Å². The van der Waals surface area contributed by atoms with E-state index in [0.29, 0.717) is 17.5 Å². The lowest BCUT2D eigenvalue weighted by molar-refractivity contribution is 0.0964. The Hall–Kier alpha value is -0.0800. The quantitative estimate of drug-likeness (QED) is 0.753. The van der Waals surface area contributed by atoms with Gasteiger partial charge in [0.15, 0.2) is 0 Å². The van der Waals surface area contributed by atoms with Gasteiger partial charge in [0.25, 0.3) is 0 Å². The average Bonchev–Trinajstić information content (AvgIpc) is 2.10. The summed E-state index contributed by atoms with van der Waals surface area (Å²) in [7, 11) is 2.22. The molecule has 1 aliphatic rings. The van der Waals surface area contributed by atoms with Crippen molar-refractivity contribution in [1.82, 2.24) is 4.90 Å². The molecule has 1 fully saturated rings. The van der Waals surface area contributed by atoms with Gasteiger partial charge < -0.3 is 10.6 Å². The Balaban J connectivity index is 2.56. The molecule has 2 unspecified atom stereocenters. The summed E-state index contributed by atoms with van der Waals surface area (Å²) in [5.41, 5.74) is 6.68. The van der Waals surface area contributed by atoms with Crippen LogP contribution in [0.3, 0.4) is 0 Å². The molecule has 1 aliphatic carbocycles. The first-order chi connectivity index (χ1) is 6.46. The van der Waals surface area contributed by atoms with Gasteiger partial charge in [-0.15, -0.1) is 0 Å². The number of rotatable bonds is 3. The zero-order valence-corrected chi connectivity index (χ0v) is 10.2. The summed E-state index contributed by atoms with van der Waals surface area (Å²) in [6.07, 6.45) is 4.95. The van der Waals surface area contributed by atoms with Gasteiger partial charge in [-0.1, -0.05) is 20.8 Å². The molecule has 2 N–H and O–H groups in total. The van der Waals surface area contributed by atoms with Crippen LogP contribution in [0.25, 0.3) is 0 Å². The highest BCUT2D eigenvalue weighted by atomic mass is 15.1. The molecule has 84 valence electrons. The third kappa shape index (κ3) is 2.96. The Morgan fingerprint density at radius 2 is 2.07 bits per heavy atom. The van der Waals surface area contributed by atoms with Gasteiger partial charge in [-0.25, -0.2) is 0 Å². The lowest BCUT2D eigenvalue weighted by Gasteiger charge is -2.43. The zero-order valence-electron chi connectivity index (χ0n) is 10.2. The second-order valence-corrected chi connectivity index (χ2v) is 5.62. The zero-order chi connectivity index (χ0) is 10.8. The number of nitrogens with two attached hydrogens (primary N) is 1. The Morgan fingerprint density at radius 1 is 1.43 bits per heavy atom. The van der Waals surface area contributed by atoms with Crippen molar-refractivity contribution in [1.29, 1.82) is 0 Å². The van der Waals surface area contributed by atoms with E-state index in [4.69, 9.17) is 5.73 Å². The lowest BCUT2D eigenvalue weighted by Crippen LogP contribution is -2.51. The summed E-state index contributed by atoms with van der Waals surface area (Å²) in [4.78, 5) is 2.45. The molecule has 0 aromatic carbocycles. The fourth-order valence-corrected chi connectivity index (χ4v) is 2.57. The van der Waals surface area contributed by atoms with Crippen LogP contribution >= 0.6 is 0 Å². The average molecular weight is 198 g/mol. The van der Waals surface area contributed by atoms with Gasteiger partial charge in [-0.2, -0.15) is 0 Å². The normalized spacial score (nSPS) is 32.1. The summed E-state index contributed by atoms with van der Waals surface area (Å²) in [5.74, 6) is 0. The summed E-state index contributed by atoms with van der Waals surface area (Å²) in [5, 5.41) is 0. The van der Waals surface area contributed by atoms with Crippen LogP contribution in [0, 0.1) is 5.41 Å². The standard InChI is InChI=1S/C12H26N2/c1-5-8-14(4)11-9-12(2,3)7-6-10(11)13/h10-11H,5-9,13H2,1-4H3. The molecule has 2 heteroatoms. The minimum Gasteiger partial charge on any atom is -0.326 e. The smallest absolute Gasteiger partial charge is 0.0249 e. The van der Waals surface area contributed by atoms with Crippen LogP contribution in [0.4, 0.5) is 0 Å². The highest BCUT2D eigenvalue weighted by Crippen LogP contribution is 2.36. The molecular formula is C12H26N2. The third-order valence-corrected chi connectivity index (χ3v) is 3.55. The van der Waals surface area contributed by atoms with E-state index in [2.05, 4.69) is 32.7 Å². The van der Waals surface area contributed by atoms with Crippen molar-refractivity contribution < 1.29 is 0 Å². The second kappa shape index (κ2) is 4.63. The highest BCUT2D eigenvalue weighted by Gasteiger charge is 2.34. The van der Waals surface area contributed by atoms with Gasteiger partial charge >= 0.3 is 0 Å². The first kappa shape index (κ1) is 12.0. The maximum absolute atomic E-state index is 6.19. The van der Waals surface area contributed by atoms with Crippen molar-refractivity contribution in [3.05, 3.63) is 0 Å². The SMILES string of the molecule is CCCN(C)C1CC(C)(C)CCC1N. The Kier molecular flexibility index (Phi) is 3.96. The van der Waals surface area contributed by atoms with Crippen LogP contribution in [0.1, 0.15) is 46.5 Å². The van der Waals surface area contributed by atoms with E-state index >= 15 is 0 Å². The minimum absolute atomic E-state index is 0.388. The second-order valence-electron chi connectivity index (χ2n) is 5.62. The van der Waals surface area contributed by atoms with Gasteiger partial charge in [0.05, 0.1) is 0 Å². The largest absolute Gasteiger partial charge is 0.326 e. The molecule has 2 nitrogen and oxygen atoms in total. The van der Waals surface area contributed by atoms with E-state index in [1.807, 2.05) is 0 Å². The number of likely N-dealkylation sites (N-methyl/N-ethyl adjacent to an activating group) is 1. The van der Waals surface area contributed by atoms with Crippen molar-refractivity contribution in [3.63, 3.8) is 0 Å².